The minimum atomic E-state index is -0.173. The van der Waals surface area contributed by atoms with Crippen LogP contribution in [-0.2, 0) is 16.1 Å². The van der Waals surface area contributed by atoms with Gasteiger partial charge < -0.3 is 4.74 Å². The fraction of sp³-hybridized carbons (Fsp3) is 0.533. The lowest BCUT2D eigenvalue weighted by Crippen LogP contribution is -2.30. The van der Waals surface area contributed by atoms with Gasteiger partial charge in [0.25, 0.3) is 0 Å². The quantitative estimate of drug-likeness (QED) is 0.726. The molecule has 3 heteroatoms. The van der Waals surface area contributed by atoms with E-state index >= 15 is 0 Å². The number of carbonyl (C=O) groups excluding carboxylic acids is 1. The summed E-state index contributed by atoms with van der Waals surface area (Å²) >= 11 is 0. The molecule has 0 saturated carbocycles. The van der Waals surface area contributed by atoms with Crippen LogP contribution in [0.1, 0.15) is 30.0 Å². The molecule has 0 heterocycles. The monoisotopic (exact) mass is 249 g/mol. The number of methoxy groups -OCH3 is 1. The van der Waals surface area contributed by atoms with E-state index in [4.69, 9.17) is 4.74 Å². The van der Waals surface area contributed by atoms with E-state index in [2.05, 4.69) is 43.9 Å². The normalized spacial score (nSPS) is 10.7. The van der Waals surface area contributed by atoms with Gasteiger partial charge in [-0.3, -0.25) is 9.69 Å². The molecule has 0 radical (unpaired) electrons. The van der Waals surface area contributed by atoms with Crippen molar-refractivity contribution in [2.24, 2.45) is 0 Å². The van der Waals surface area contributed by atoms with Crippen LogP contribution >= 0.6 is 0 Å². The third-order valence-electron chi connectivity index (χ3n) is 2.81. The molecule has 1 aromatic rings. The molecule has 0 bridgehead atoms. The van der Waals surface area contributed by atoms with Gasteiger partial charge in [0.05, 0.1) is 13.7 Å². The van der Waals surface area contributed by atoms with Gasteiger partial charge in [-0.05, 0) is 32.4 Å². The fourth-order valence-electron chi connectivity index (χ4n) is 2.20. The van der Waals surface area contributed by atoms with Gasteiger partial charge in [0.1, 0.15) is 0 Å². The van der Waals surface area contributed by atoms with E-state index < -0.39 is 0 Å². The molecule has 3 nitrogen and oxygen atoms in total. The van der Waals surface area contributed by atoms with Crippen LogP contribution in [-0.4, -0.2) is 31.1 Å². The van der Waals surface area contributed by atoms with Crippen molar-refractivity contribution < 1.29 is 9.53 Å². The maximum Gasteiger partial charge on any atom is 0.319 e. The fourth-order valence-corrected chi connectivity index (χ4v) is 2.20. The van der Waals surface area contributed by atoms with E-state index in [9.17, 15) is 4.79 Å². The Bertz CT molecular complexity index is 381. The highest BCUT2D eigenvalue weighted by Gasteiger charge is 2.11. The summed E-state index contributed by atoms with van der Waals surface area (Å²) in [6, 6.07) is 6.51. The van der Waals surface area contributed by atoms with Crippen LogP contribution in [0.3, 0.4) is 0 Å². The van der Waals surface area contributed by atoms with Crippen LogP contribution in [0, 0.1) is 13.8 Å². The van der Waals surface area contributed by atoms with Crippen molar-refractivity contribution in [1.82, 2.24) is 4.90 Å². The Labute approximate surface area is 110 Å². The highest BCUT2D eigenvalue weighted by Crippen LogP contribution is 2.11. The van der Waals surface area contributed by atoms with Gasteiger partial charge in [-0.15, -0.1) is 0 Å². The molecule has 0 atom stereocenters. The van der Waals surface area contributed by atoms with Crippen molar-refractivity contribution in [1.29, 1.82) is 0 Å². The topological polar surface area (TPSA) is 29.5 Å². The smallest absolute Gasteiger partial charge is 0.319 e. The number of ether oxygens (including phenoxy) is 1. The van der Waals surface area contributed by atoms with Gasteiger partial charge >= 0.3 is 5.97 Å². The average molecular weight is 249 g/mol. The Kier molecular flexibility index (Phi) is 5.86. The van der Waals surface area contributed by atoms with Gasteiger partial charge in [0.15, 0.2) is 0 Å². The second-order valence-corrected chi connectivity index (χ2v) is 4.78. The lowest BCUT2D eigenvalue weighted by Gasteiger charge is -2.20. The van der Waals surface area contributed by atoms with Crippen molar-refractivity contribution in [3.05, 3.63) is 34.9 Å². The summed E-state index contributed by atoms with van der Waals surface area (Å²) in [7, 11) is 1.43. The zero-order valence-corrected chi connectivity index (χ0v) is 11.8. The third-order valence-corrected chi connectivity index (χ3v) is 2.81. The van der Waals surface area contributed by atoms with Gasteiger partial charge in [-0.1, -0.05) is 36.2 Å². The van der Waals surface area contributed by atoms with E-state index in [1.54, 1.807) is 0 Å². The number of nitrogens with zero attached hydrogens (tertiary/aromatic N) is 1. The van der Waals surface area contributed by atoms with Gasteiger partial charge in [0.2, 0.25) is 0 Å². The summed E-state index contributed by atoms with van der Waals surface area (Å²) in [5, 5.41) is 0. The highest BCUT2D eigenvalue weighted by atomic mass is 16.5. The average Bonchev–Trinajstić information content (AvgIpc) is 2.27. The van der Waals surface area contributed by atoms with E-state index in [1.807, 2.05) is 0 Å². The molecule has 100 valence electrons. The Morgan fingerprint density at radius 2 is 1.83 bits per heavy atom. The van der Waals surface area contributed by atoms with Crippen molar-refractivity contribution in [3.8, 4) is 0 Å². The molecule has 0 aliphatic carbocycles. The van der Waals surface area contributed by atoms with Crippen LogP contribution in [0.4, 0.5) is 0 Å². The van der Waals surface area contributed by atoms with Crippen LogP contribution < -0.4 is 0 Å². The van der Waals surface area contributed by atoms with E-state index in [1.165, 1.54) is 23.8 Å². The van der Waals surface area contributed by atoms with Crippen molar-refractivity contribution >= 4 is 5.97 Å². The maximum absolute atomic E-state index is 11.4. The molecule has 0 spiro atoms. The molecule has 0 aliphatic heterocycles. The van der Waals surface area contributed by atoms with Crippen LogP contribution in [0.5, 0.6) is 0 Å². The largest absolute Gasteiger partial charge is 0.468 e. The zero-order valence-electron chi connectivity index (χ0n) is 11.8. The number of benzene rings is 1. The van der Waals surface area contributed by atoms with Crippen molar-refractivity contribution in [2.75, 3.05) is 20.2 Å². The standard InChI is InChI=1S/C15H23NO2/c1-5-6-16(11-15(17)18-4)10-14-8-12(2)7-13(3)9-14/h7-9H,5-6,10-11H2,1-4H3. The Balaban J connectivity index is 2.72. The first-order chi connectivity index (χ1) is 8.55. The number of rotatable bonds is 6. The molecule has 0 aromatic heterocycles. The number of aryl methyl sites for hydroxylation is 2. The van der Waals surface area contributed by atoms with E-state index in [-0.39, 0.29) is 5.97 Å². The highest BCUT2D eigenvalue weighted by molar-refractivity contribution is 5.71. The maximum atomic E-state index is 11.4. The number of hydrogen-bond acceptors (Lipinski definition) is 3. The summed E-state index contributed by atoms with van der Waals surface area (Å²) < 4.78 is 4.73. The van der Waals surface area contributed by atoms with Crippen molar-refractivity contribution in [2.45, 2.75) is 33.7 Å². The summed E-state index contributed by atoms with van der Waals surface area (Å²) in [5.41, 5.74) is 3.78. The molecule has 0 N–H and O–H groups in total. The SMILES string of the molecule is CCCN(CC(=O)OC)Cc1cc(C)cc(C)c1. The second-order valence-electron chi connectivity index (χ2n) is 4.78. The molecule has 0 saturated heterocycles. The van der Waals surface area contributed by atoms with Crippen molar-refractivity contribution in [3.63, 3.8) is 0 Å². The Hall–Kier alpha value is -1.35. The van der Waals surface area contributed by atoms with Gasteiger partial charge in [-0.2, -0.15) is 0 Å². The predicted octanol–water partition coefficient (Wildman–Crippen LogP) is 2.69. The molecule has 0 fully saturated rings. The molecule has 0 amide bonds. The minimum absolute atomic E-state index is 0.173. The van der Waals surface area contributed by atoms with Gasteiger partial charge in [0, 0.05) is 6.54 Å². The lowest BCUT2D eigenvalue weighted by molar-refractivity contribution is -0.142. The van der Waals surface area contributed by atoms with E-state index in [0.29, 0.717) is 6.54 Å². The predicted molar refractivity (Wildman–Crippen MR) is 73.5 cm³/mol. The minimum Gasteiger partial charge on any atom is -0.468 e. The zero-order chi connectivity index (χ0) is 13.5. The first-order valence-corrected chi connectivity index (χ1v) is 6.41. The van der Waals surface area contributed by atoms with E-state index in [0.717, 1.165) is 19.5 Å². The van der Waals surface area contributed by atoms with Crippen LogP contribution in [0.25, 0.3) is 0 Å². The molecule has 0 aliphatic rings. The molecule has 0 unspecified atom stereocenters. The summed E-state index contributed by atoms with van der Waals surface area (Å²) in [6.07, 6.45) is 1.03. The Morgan fingerprint density at radius 1 is 1.22 bits per heavy atom. The first kappa shape index (κ1) is 14.7. The molecule has 1 rings (SSSR count). The number of carbonyl (C=O) groups is 1. The molecular formula is C15H23NO2. The third kappa shape index (κ3) is 4.88. The number of hydrogen-bond donors (Lipinski definition) is 0. The van der Waals surface area contributed by atoms with Crippen LogP contribution in [0.2, 0.25) is 0 Å². The summed E-state index contributed by atoms with van der Waals surface area (Å²) in [4.78, 5) is 13.5. The lowest BCUT2D eigenvalue weighted by atomic mass is 10.1. The molecule has 18 heavy (non-hydrogen) atoms. The summed E-state index contributed by atoms with van der Waals surface area (Å²) in [5.74, 6) is -0.173. The Morgan fingerprint density at radius 3 is 2.33 bits per heavy atom. The molecule has 1 aromatic carbocycles. The van der Waals surface area contributed by atoms with Crippen LogP contribution in [0.15, 0.2) is 18.2 Å². The first-order valence-electron chi connectivity index (χ1n) is 6.41. The molecular weight excluding hydrogens is 226 g/mol. The number of esters is 1. The van der Waals surface area contributed by atoms with Gasteiger partial charge in [-0.25, -0.2) is 0 Å². The second kappa shape index (κ2) is 7.17. The summed E-state index contributed by atoms with van der Waals surface area (Å²) in [6.45, 7) is 8.37.